The summed E-state index contributed by atoms with van der Waals surface area (Å²) in [7, 11) is 3.47. The summed E-state index contributed by atoms with van der Waals surface area (Å²) < 4.78 is 0. The number of carbonyl (C=O) groups excluding carboxylic acids is 1. The number of nitrogens with one attached hydrogen (secondary N) is 2. The Bertz CT molecular complexity index is 311. The molecular weight excluding hydrogens is 222 g/mol. The molecule has 0 aliphatic rings. The minimum atomic E-state index is -0.0509. The van der Waals surface area contributed by atoms with Gasteiger partial charge in [0.2, 0.25) is 0 Å². The van der Waals surface area contributed by atoms with E-state index in [1.54, 1.807) is 25.4 Å². The summed E-state index contributed by atoms with van der Waals surface area (Å²) in [6, 6.07) is 2.40. The zero-order chi connectivity index (χ0) is 12.0. The SMILES string of the molecule is CC(NCCNC(=O)N(C)C)c1ccsc1. The van der Waals surface area contributed by atoms with E-state index in [1.165, 1.54) is 10.5 Å². The van der Waals surface area contributed by atoms with Gasteiger partial charge in [0.15, 0.2) is 0 Å². The molecule has 1 rings (SSSR count). The van der Waals surface area contributed by atoms with E-state index in [1.807, 2.05) is 0 Å². The number of urea groups is 1. The lowest BCUT2D eigenvalue weighted by Crippen LogP contribution is -2.38. The highest BCUT2D eigenvalue weighted by molar-refractivity contribution is 7.07. The fraction of sp³-hybridized carbons (Fsp3) is 0.545. The van der Waals surface area contributed by atoms with Crippen molar-refractivity contribution in [1.29, 1.82) is 0 Å². The summed E-state index contributed by atoms with van der Waals surface area (Å²) in [5, 5.41) is 10.4. The molecule has 5 heteroatoms. The van der Waals surface area contributed by atoms with Crippen molar-refractivity contribution < 1.29 is 4.79 Å². The van der Waals surface area contributed by atoms with Crippen LogP contribution < -0.4 is 10.6 Å². The molecule has 0 aliphatic carbocycles. The average molecular weight is 241 g/mol. The summed E-state index contributed by atoms with van der Waals surface area (Å²) >= 11 is 1.70. The topological polar surface area (TPSA) is 44.4 Å². The number of nitrogens with zero attached hydrogens (tertiary/aromatic N) is 1. The molecule has 2 amide bonds. The van der Waals surface area contributed by atoms with Crippen LogP contribution in [0.4, 0.5) is 4.79 Å². The van der Waals surface area contributed by atoms with Crippen LogP contribution in [0.3, 0.4) is 0 Å². The maximum atomic E-state index is 11.2. The molecule has 1 aromatic rings. The van der Waals surface area contributed by atoms with Gasteiger partial charge in [0, 0.05) is 33.2 Å². The van der Waals surface area contributed by atoms with Gasteiger partial charge in [0.1, 0.15) is 0 Å². The standard InChI is InChI=1S/C11H19N3OS/c1-9(10-4-7-16-8-10)12-5-6-13-11(15)14(2)3/h4,7-9,12H,5-6H2,1-3H3,(H,13,15). The van der Waals surface area contributed by atoms with Crippen molar-refractivity contribution in [1.82, 2.24) is 15.5 Å². The third kappa shape index (κ3) is 4.20. The van der Waals surface area contributed by atoms with Gasteiger partial charge in [0.05, 0.1) is 0 Å². The summed E-state index contributed by atoms with van der Waals surface area (Å²) in [6.07, 6.45) is 0. The molecule has 1 unspecified atom stereocenters. The fourth-order valence-corrected chi connectivity index (χ4v) is 2.01. The molecule has 4 nitrogen and oxygen atoms in total. The Morgan fingerprint density at radius 1 is 1.50 bits per heavy atom. The second-order valence-electron chi connectivity index (χ2n) is 3.86. The summed E-state index contributed by atoms with van der Waals surface area (Å²) in [5.74, 6) is 0. The molecule has 0 radical (unpaired) electrons. The molecule has 0 aliphatic heterocycles. The molecule has 2 N–H and O–H groups in total. The predicted molar refractivity (Wildman–Crippen MR) is 67.8 cm³/mol. The molecule has 90 valence electrons. The van der Waals surface area contributed by atoms with E-state index in [9.17, 15) is 4.79 Å². The highest BCUT2D eigenvalue weighted by atomic mass is 32.1. The second kappa shape index (κ2) is 6.50. The van der Waals surface area contributed by atoms with Crippen molar-refractivity contribution in [2.75, 3.05) is 27.2 Å². The number of carbonyl (C=O) groups is 1. The van der Waals surface area contributed by atoms with Gasteiger partial charge in [-0.2, -0.15) is 11.3 Å². The third-order valence-electron chi connectivity index (χ3n) is 2.30. The molecule has 0 saturated heterocycles. The van der Waals surface area contributed by atoms with E-state index in [-0.39, 0.29) is 6.03 Å². The number of hydrogen-bond donors (Lipinski definition) is 2. The monoisotopic (exact) mass is 241 g/mol. The number of rotatable bonds is 5. The Morgan fingerprint density at radius 2 is 2.25 bits per heavy atom. The van der Waals surface area contributed by atoms with Gasteiger partial charge in [-0.25, -0.2) is 4.79 Å². The van der Waals surface area contributed by atoms with Gasteiger partial charge in [-0.05, 0) is 29.3 Å². The predicted octanol–water partition coefficient (Wildman–Crippen LogP) is 1.67. The van der Waals surface area contributed by atoms with Crippen LogP contribution in [-0.2, 0) is 0 Å². The smallest absolute Gasteiger partial charge is 0.316 e. The van der Waals surface area contributed by atoms with Gasteiger partial charge < -0.3 is 15.5 Å². The first kappa shape index (κ1) is 13.0. The van der Waals surface area contributed by atoms with Gasteiger partial charge in [-0.15, -0.1) is 0 Å². The minimum absolute atomic E-state index is 0.0509. The van der Waals surface area contributed by atoms with Crippen LogP contribution in [-0.4, -0.2) is 38.1 Å². The zero-order valence-electron chi connectivity index (χ0n) is 9.99. The lowest BCUT2D eigenvalue weighted by molar-refractivity contribution is 0.217. The van der Waals surface area contributed by atoms with Crippen LogP contribution in [0.1, 0.15) is 18.5 Å². The lowest BCUT2D eigenvalue weighted by Gasteiger charge is -2.15. The normalized spacial score (nSPS) is 12.2. The largest absolute Gasteiger partial charge is 0.337 e. The first-order valence-corrected chi connectivity index (χ1v) is 6.26. The van der Waals surface area contributed by atoms with Crippen molar-refractivity contribution in [3.05, 3.63) is 22.4 Å². The Balaban J connectivity index is 2.14. The first-order chi connectivity index (χ1) is 7.61. The minimum Gasteiger partial charge on any atom is -0.337 e. The molecule has 0 aromatic carbocycles. The van der Waals surface area contributed by atoms with Gasteiger partial charge in [-0.3, -0.25) is 0 Å². The Morgan fingerprint density at radius 3 is 2.81 bits per heavy atom. The summed E-state index contributed by atoms with van der Waals surface area (Å²) in [5.41, 5.74) is 1.30. The van der Waals surface area contributed by atoms with Crippen molar-refractivity contribution in [2.24, 2.45) is 0 Å². The molecule has 0 saturated carbocycles. The second-order valence-corrected chi connectivity index (χ2v) is 4.64. The molecule has 16 heavy (non-hydrogen) atoms. The number of amides is 2. The van der Waals surface area contributed by atoms with Crippen LogP contribution in [0.15, 0.2) is 16.8 Å². The molecule has 1 aromatic heterocycles. The Labute approximate surface area is 101 Å². The molecule has 0 bridgehead atoms. The van der Waals surface area contributed by atoms with Gasteiger partial charge in [0.25, 0.3) is 0 Å². The van der Waals surface area contributed by atoms with Crippen LogP contribution in [0.5, 0.6) is 0 Å². The van der Waals surface area contributed by atoms with E-state index < -0.39 is 0 Å². The summed E-state index contributed by atoms with van der Waals surface area (Å²) in [4.78, 5) is 12.7. The Kier molecular flexibility index (Phi) is 5.28. The van der Waals surface area contributed by atoms with Crippen LogP contribution >= 0.6 is 11.3 Å². The maximum absolute atomic E-state index is 11.2. The van der Waals surface area contributed by atoms with E-state index in [2.05, 4.69) is 34.4 Å². The van der Waals surface area contributed by atoms with Gasteiger partial charge in [-0.1, -0.05) is 0 Å². The highest BCUT2D eigenvalue weighted by Crippen LogP contribution is 2.14. The molecule has 1 atom stereocenters. The van der Waals surface area contributed by atoms with Crippen molar-refractivity contribution in [3.8, 4) is 0 Å². The van der Waals surface area contributed by atoms with E-state index in [0.717, 1.165) is 6.54 Å². The van der Waals surface area contributed by atoms with Gasteiger partial charge >= 0.3 is 6.03 Å². The molecule has 0 spiro atoms. The van der Waals surface area contributed by atoms with Crippen LogP contribution in [0.2, 0.25) is 0 Å². The maximum Gasteiger partial charge on any atom is 0.316 e. The molecular formula is C11H19N3OS. The summed E-state index contributed by atoms with van der Waals surface area (Å²) in [6.45, 7) is 3.54. The quantitative estimate of drug-likeness (QED) is 0.770. The van der Waals surface area contributed by atoms with Crippen LogP contribution in [0, 0.1) is 0 Å². The van der Waals surface area contributed by atoms with Crippen molar-refractivity contribution in [3.63, 3.8) is 0 Å². The van der Waals surface area contributed by atoms with Crippen molar-refractivity contribution in [2.45, 2.75) is 13.0 Å². The molecule has 0 fully saturated rings. The zero-order valence-corrected chi connectivity index (χ0v) is 10.8. The van der Waals surface area contributed by atoms with E-state index >= 15 is 0 Å². The average Bonchev–Trinajstić information content (AvgIpc) is 2.76. The fourth-order valence-electron chi connectivity index (χ4n) is 1.26. The lowest BCUT2D eigenvalue weighted by atomic mass is 10.2. The van der Waals surface area contributed by atoms with E-state index in [0.29, 0.717) is 12.6 Å². The Hall–Kier alpha value is -1.07. The highest BCUT2D eigenvalue weighted by Gasteiger charge is 2.05. The third-order valence-corrected chi connectivity index (χ3v) is 3.00. The number of hydrogen-bond acceptors (Lipinski definition) is 3. The van der Waals surface area contributed by atoms with E-state index in [4.69, 9.17) is 0 Å². The number of thiophene rings is 1. The van der Waals surface area contributed by atoms with Crippen molar-refractivity contribution >= 4 is 17.4 Å². The first-order valence-electron chi connectivity index (χ1n) is 5.32. The van der Waals surface area contributed by atoms with Crippen LogP contribution in [0.25, 0.3) is 0 Å². The molecule has 1 heterocycles.